The number of aromatic nitrogens is 3. The van der Waals surface area contributed by atoms with E-state index in [0.29, 0.717) is 29.8 Å². The molecule has 1 fully saturated rings. The lowest BCUT2D eigenvalue weighted by Gasteiger charge is -2.09. The van der Waals surface area contributed by atoms with Crippen LogP contribution in [0.25, 0.3) is 11.4 Å². The van der Waals surface area contributed by atoms with E-state index < -0.39 is 0 Å². The lowest BCUT2D eigenvalue weighted by Crippen LogP contribution is -2.08. The van der Waals surface area contributed by atoms with Gasteiger partial charge in [-0.2, -0.15) is 0 Å². The van der Waals surface area contributed by atoms with Crippen LogP contribution >= 0.6 is 11.6 Å². The molecule has 6 heteroatoms. The van der Waals surface area contributed by atoms with Gasteiger partial charge < -0.3 is 4.74 Å². The number of hydrogen-bond donors (Lipinski definition) is 0. The lowest BCUT2D eigenvalue weighted by molar-refractivity contribution is -0.142. The molecule has 0 unspecified atom stereocenters. The van der Waals surface area contributed by atoms with Crippen LogP contribution in [0.5, 0.6) is 0 Å². The van der Waals surface area contributed by atoms with Crippen molar-refractivity contribution < 1.29 is 9.53 Å². The molecule has 0 aliphatic heterocycles. The van der Waals surface area contributed by atoms with Crippen LogP contribution in [0.15, 0.2) is 48.7 Å². The van der Waals surface area contributed by atoms with E-state index in [1.54, 1.807) is 13.1 Å². The summed E-state index contributed by atoms with van der Waals surface area (Å²) >= 11 is 6.15. The van der Waals surface area contributed by atoms with Gasteiger partial charge in [0.15, 0.2) is 5.82 Å². The highest BCUT2D eigenvalue weighted by Gasteiger charge is 2.26. The van der Waals surface area contributed by atoms with Crippen LogP contribution in [-0.4, -0.2) is 27.5 Å². The van der Waals surface area contributed by atoms with Crippen molar-refractivity contribution in [2.45, 2.75) is 38.5 Å². The summed E-state index contributed by atoms with van der Waals surface area (Å²) in [5.74, 6) is 0.985. The fourth-order valence-electron chi connectivity index (χ4n) is 3.18. The number of nitrogens with zero attached hydrogens (tertiary/aromatic N) is 3. The van der Waals surface area contributed by atoms with E-state index in [2.05, 4.69) is 11.1 Å². The second-order valence-electron chi connectivity index (χ2n) is 7.21. The van der Waals surface area contributed by atoms with Gasteiger partial charge in [-0.15, -0.1) is 0 Å². The molecule has 4 rings (SSSR count). The van der Waals surface area contributed by atoms with Gasteiger partial charge in [-0.05, 0) is 49.6 Å². The maximum Gasteiger partial charge on any atom is 0.310 e. The molecule has 0 bridgehead atoms. The minimum atomic E-state index is -0.238. The molecular formula is C23H22ClN3O2. The lowest BCUT2D eigenvalue weighted by atomic mass is 10.1. The minimum Gasteiger partial charge on any atom is -0.466 e. The molecule has 0 spiro atoms. The first-order valence-electron chi connectivity index (χ1n) is 9.84. The third kappa shape index (κ3) is 5.18. The Morgan fingerprint density at radius 3 is 2.69 bits per heavy atom. The van der Waals surface area contributed by atoms with Crippen LogP contribution in [0.3, 0.4) is 0 Å². The molecule has 5 nitrogen and oxygen atoms in total. The highest BCUT2D eigenvalue weighted by molar-refractivity contribution is 6.30. The van der Waals surface area contributed by atoms with Crippen molar-refractivity contribution in [1.82, 2.24) is 15.0 Å². The Bertz CT molecular complexity index is 1020. The summed E-state index contributed by atoms with van der Waals surface area (Å²) in [6, 6.07) is 13.6. The summed E-state index contributed by atoms with van der Waals surface area (Å²) in [4.78, 5) is 25.7. The molecule has 29 heavy (non-hydrogen) atoms. The number of ether oxygens (including phenoxy) is 1. The molecule has 1 aromatic carbocycles. The van der Waals surface area contributed by atoms with Crippen molar-refractivity contribution >= 4 is 17.6 Å². The molecular weight excluding hydrogens is 386 g/mol. The number of carbonyl (C=O) groups is 1. The van der Waals surface area contributed by atoms with Crippen molar-refractivity contribution in [3.05, 3.63) is 76.3 Å². The SMILES string of the molecule is CCOC(=O)Cc1ccc(Cc2cc(C3CC3)nc(-c3cccc(Cl)c3)n2)nc1. The molecule has 0 N–H and O–H groups in total. The van der Waals surface area contributed by atoms with Crippen molar-refractivity contribution in [2.75, 3.05) is 6.61 Å². The monoisotopic (exact) mass is 407 g/mol. The van der Waals surface area contributed by atoms with E-state index >= 15 is 0 Å². The normalized spacial score (nSPS) is 13.3. The van der Waals surface area contributed by atoms with Crippen LogP contribution in [0, 0.1) is 0 Å². The number of rotatable bonds is 7. The standard InChI is InChI=1S/C23H22ClN3O2/c1-2-29-22(28)10-15-6-9-19(25-14-15)12-20-13-21(16-7-8-16)27-23(26-20)17-4-3-5-18(24)11-17/h3-6,9,11,13-14,16H,2,7-8,10,12H2,1H3. The average Bonchev–Trinajstić information content (AvgIpc) is 3.55. The zero-order valence-corrected chi connectivity index (χ0v) is 17.0. The quantitative estimate of drug-likeness (QED) is 0.528. The van der Waals surface area contributed by atoms with Crippen LogP contribution in [-0.2, 0) is 22.4 Å². The predicted octanol–water partition coefficient (Wildman–Crippen LogP) is 4.77. The molecule has 2 heterocycles. The number of esters is 1. The van der Waals surface area contributed by atoms with E-state index in [9.17, 15) is 4.79 Å². The van der Waals surface area contributed by atoms with E-state index in [4.69, 9.17) is 26.3 Å². The van der Waals surface area contributed by atoms with Gasteiger partial charge in [-0.25, -0.2) is 9.97 Å². The van der Waals surface area contributed by atoms with Gasteiger partial charge >= 0.3 is 5.97 Å². The first kappa shape index (κ1) is 19.5. The molecule has 1 aliphatic carbocycles. The molecule has 0 radical (unpaired) electrons. The Morgan fingerprint density at radius 1 is 1.14 bits per heavy atom. The predicted molar refractivity (Wildman–Crippen MR) is 112 cm³/mol. The van der Waals surface area contributed by atoms with Crippen LogP contribution in [0.4, 0.5) is 0 Å². The van der Waals surface area contributed by atoms with Gasteiger partial charge in [-0.1, -0.05) is 29.8 Å². The fraction of sp³-hybridized carbons (Fsp3) is 0.304. The van der Waals surface area contributed by atoms with Crippen molar-refractivity contribution in [1.29, 1.82) is 0 Å². The Hall–Kier alpha value is -2.79. The largest absolute Gasteiger partial charge is 0.466 e. The third-order valence-electron chi connectivity index (χ3n) is 4.78. The van der Waals surface area contributed by atoms with Crippen LogP contribution in [0.2, 0.25) is 5.02 Å². The molecule has 1 saturated carbocycles. The summed E-state index contributed by atoms with van der Waals surface area (Å²) in [6.07, 6.45) is 4.92. The highest BCUT2D eigenvalue weighted by Crippen LogP contribution is 2.39. The van der Waals surface area contributed by atoms with E-state index in [1.807, 2.05) is 36.4 Å². The summed E-state index contributed by atoms with van der Waals surface area (Å²) < 4.78 is 4.98. The van der Waals surface area contributed by atoms with Crippen LogP contribution in [0.1, 0.15) is 48.3 Å². The van der Waals surface area contributed by atoms with Crippen molar-refractivity contribution in [3.8, 4) is 11.4 Å². The maximum atomic E-state index is 11.6. The molecule has 1 aliphatic rings. The Kier molecular flexibility index (Phi) is 5.86. The summed E-state index contributed by atoms with van der Waals surface area (Å²) in [7, 11) is 0. The molecule has 2 aromatic heterocycles. The van der Waals surface area contributed by atoms with E-state index in [-0.39, 0.29) is 12.4 Å². The van der Waals surface area contributed by atoms with Gasteiger partial charge in [0, 0.05) is 40.5 Å². The van der Waals surface area contributed by atoms with Crippen LogP contribution < -0.4 is 0 Å². The fourth-order valence-corrected chi connectivity index (χ4v) is 3.37. The van der Waals surface area contributed by atoms with Gasteiger partial charge in [0.25, 0.3) is 0 Å². The highest BCUT2D eigenvalue weighted by atomic mass is 35.5. The van der Waals surface area contributed by atoms with E-state index in [0.717, 1.165) is 28.2 Å². The van der Waals surface area contributed by atoms with Crippen molar-refractivity contribution in [3.63, 3.8) is 0 Å². The number of pyridine rings is 1. The zero-order valence-electron chi connectivity index (χ0n) is 16.3. The number of benzene rings is 1. The number of halogens is 1. The Balaban J connectivity index is 1.56. The smallest absolute Gasteiger partial charge is 0.310 e. The second-order valence-corrected chi connectivity index (χ2v) is 7.65. The van der Waals surface area contributed by atoms with Crippen molar-refractivity contribution in [2.24, 2.45) is 0 Å². The molecule has 0 amide bonds. The number of carbonyl (C=O) groups excluding carboxylic acids is 1. The van der Waals surface area contributed by atoms with E-state index in [1.165, 1.54) is 12.8 Å². The van der Waals surface area contributed by atoms with Gasteiger partial charge in [0.05, 0.1) is 18.7 Å². The minimum absolute atomic E-state index is 0.235. The average molecular weight is 408 g/mol. The van der Waals surface area contributed by atoms with Gasteiger partial charge in [0.1, 0.15) is 0 Å². The topological polar surface area (TPSA) is 65.0 Å². The first-order valence-corrected chi connectivity index (χ1v) is 10.2. The molecule has 148 valence electrons. The second kappa shape index (κ2) is 8.70. The molecule has 3 aromatic rings. The molecule has 0 atom stereocenters. The third-order valence-corrected chi connectivity index (χ3v) is 5.01. The summed E-state index contributed by atoms with van der Waals surface area (Å²) in [6.45, 7) is 2.19. The zero-order chi connectivity index (χ0) is 20.2. The maximum absolute atomic E-state index is 11.6. The van der Waals surface area contributed by atoms with Gasteiger partial charge in [-0.3, -0.25) is 9.78 Å². The molecule has 0 saturated heterocycles. The van der Waals surface area contributed by atoms with Gasteiger partial charge in [0.2, 0.25) is 0 Å². The Morgan fingerprint density at radius 2 is 2.00 bits per heavy atom. The first-order chi connectivity index (χ1) is 14.1. The number of hydrogen-bond acceptors (Lipinski definition) is 5. The summed E-state index contributed by atoms with van der Waals surface area (Å²) in [5, 5.41) is 0.670. The summed E-state index contributed by atoms with van der Waals surface area (Å²) in [5.41, 5.74) is 4.67. The Labute approximate surface area is 175 Å².